The van der Waals surface area contributed by atoms with Crippen LogP contribution >= 0.6 is 11.6 Å². The van der Waals surface area contributed by atoms with E-state index >= 15 is 0 Å². The molecule has 1 atom stereocenters. The first-order chi connectivity index (χ1) is 12.8. The topological polar surface area (TPSA) is 75.7 Å². The molecule has 27 heavy (non-hydrogen) atoms. The van der Waals surface area contributed by atoms with E-state index in [1.54, 1.807) is 18.2 Å². The van der Waals surface area contributed by atoms with Crippen molar-refractivity contribution < 1.29 is 17.9 Å². The summed E-state index contributed by atoms with van der Waals surface area (Å²) in [4.78, 5) is 12.4. The summed E-state index contributed by atoms with van der Waals surface area (Å²) in [6.07, 6.45) is 1.06. The highest BCUT2D eigenvalue weighted by molar-refractivity contribution is 7.92. The van der Waals surface area contributed by atoms with Gasteiger partial charge in [-0.1, -0.05) is 48.0 Å². The molecule has 2 aromatic rings. The summed E-state index contributed by atoms with van der Waals surface area (Å²) in [5, 5.41) is 3.09. The number of amides is 1. The molecular weight excluding hydrogens is 388 g/mol. The van der Waals surface area contributed by atoms with Crippen LogP contribution in [-0.4, -0.2) is 39.8 Å². The summed E-state index contributed by atoms with van der Waals surface area (Å²) in [6, 6.07) is 15.2. The molecule has 8 heteroatoms. The second-order valence-corrected chi connectivity index (χ2v) is 8.34. The number of benzene rings is 2. The fourth-order valence-corrected chi connectivity index (χ4v) is 3.93. The van der Waals surface area contributed by atoms with E-state index in [0.717, 1.165) is 16.1 Å². The molecule has 6 nitrogen and oxygen atoms in total. The van der Waals surface area contributed by atoms with E-state index < -0.39 is 22.0 Å². The van der Waals surface area contributed by atoms with Gasteiger partial charge in [0, 0.05) is 11.6 Å². The Morgan fingerprint density at radius 3 is 2.52 bits per heavy atom. The lowest BCUT2D eigenvalue weighted by atomic mass is 10.2. The number of ether oxygens (including phenoxy) is 1. The zero-order valence-corrected chi connectivity index (χ0v) is 16.8. The molecule has 0 saturated heterocycles. The second kappa shape index (κ2) is 9.73. The van der Waals surface area contributed by atoms with E-state index in [0.29, 0.717) is 23.9 Å². The number of carbonyl (C=O) groups excluding carboxylic acids is 1. The molecular formula is C19H23ClN2O4S. The number of hydrogen-bond acceptors (Lipinski definition) is 4. The first kappa shape index (κ1) is 21.2. The number of halogens is 1. The Hall–Kier alpha value is -2.09. The molecule has 0 fully saturated rings. The van der Waals surface area contributed by atoms with Crippen LogP contribution in [0.1, 0.15) is 12.5 Å². The molecule has 2 aromatic carbocycles. The predicted octanol–water partition coefficient (Wildman–Crippen LogP) is 2.83. The summed E-state index contributed by atoms with van der Waals surface area (Å²) in [6.45, 7) is 2.58. The fourth-order valence-electron chi connectivity index (χ4n) is 2.58. The minimum atomic E-state index is -3.67. The molecule has 0 aromatic heterocycles. The Morgan fingerprint density at radius 2 is 1.89 bits per heavy atom. The monoisotopic (exact) mass is 410 g/mol. The summed E-state index contributed by atoms with van der Waals surface area (Å²) in [5.74, 6) is -0.413. The first-order valence-corrected chi connectivity index (χ1v) is 10.7. The van der Waals surface area contributed by atoms with Crippen LogP contribution in [0.15, 0.2) is 54.6 Å². The van der Waals surface area contributed by atoms with Crippen LogP contribution in [0.5, 0.6) is 0 Å². The number of sulfonamides is 1. The number of hydrogen-bond donors (Lipinski definition) is 1. The van der Waals surface area contributed by atoms with Crippen LogP contribution in [0.2, 0.25) is 5.02 Å². The summed E-state index contributed by atoms with van der Waals surface area (Å²) in [7, 11) is -3.67. The highest BCUT2D eigenvalue weighted by Gasteiger charge is 2.29. The number of nitrogens with one attached hydrogen (secondary N) is 1. The van der Waals surface area contributed by atoms with Gasteiger partial charge >= 0.3 is 0 Å². The third-order valence-electron chi connectivity index (χ3n) is 3.81. The highest BCUT2D eigenvalue weighted by atomic mass is 35.5. The lowest BCUT2D eigenvalue weighted by Crippen LogP contribution is -2.48. The van der Waals surface area contributed by atoms with Crippen LogP contribution in [0.25, 0.3) is 0 Å². The number of nitrogens with zero attached hydrogens (tertiary/aromatic N) is 1. The molecule has 0 aliphatic carbocycles. The maximum Gasteiger partial charge on any atom is 0.243 e. The molecule has 0 bridgehead atoms. The molecule has 1 amide bonds. The standard InChI is InChI=1S/C19H23ClN2O4S/c1-15(22(27(2,24)25)18-10-6-9-17(20)13-18)19(23)21-11-12-26-14-16-7-4-3-5-8-16/h3-10,13,15H,11-12,14H2,1-2H3,(H,21,23)/t15-/m1/s1. The van der Waals surface area contributed by atoms with Gasteiger partial charge in [-0.3, -0.25) is 9.10 Å². The van der Waals surface area contributed by atoms with Gasteiger partial charge in [-0.15, -0.1) is 0 Å². The van der Waals surface area contributed by atoms with Crippen molar-refractivity contribution in [2.45, 2.75) is 19.6 Å². The number of rotatable bonds is 9. The molecule has 0 saturated carbocycles. The minimum absolute atomic E-state index is 0.281. The van der Waals surface area contributed by atoms with Crippen molar-refractivity contribution in [3.63, 3.8) is 0 Å². The van der Waals surface area contributed by atoms with Crippen molar-refractivity contribution in [3.8, 4) is 0 Å². The fraction of sp³-hybridized carbons (Fsp3) is 0.316. The molecule has 0 heterocycles. The lowest BCUT2D eigenvalue weighted by molar-refractivity contribution is -0.122. The Balaban J connectivity index is 1.91. The zero-order valence-electron chi connectivity index (χ0n) is 15.3. The van der Waals surface area contributed by atoms with E-state index in [2.05, 4.69) is 5.32 Å². The van der Waals surface area contributed by atoms with Crippen molar-refractivity contribution in [3.05, 3.63) is 65.2 Å². The van der Waals surface area contributed by atoms with Crippen molar-refractivity contribution in [2.75, 3.05) is 23.7 Å². The molecule has 0 radical (unpaired) electrons. The van der Waals surface area contributed by atoms with Crippen molar-refractivity contribution >= 4 is 33.2 Å². The van der Waals surface area contributed by atoms with E-state index in [-0.39, 0.29) is 6.54 Å². The smallest absolute Gasteiger partial charge is 0.243 e. The van der Waals surface area contributed by atoms with Crippen LogP contribution < -0.4 is 9.62 Å². The SMILES string of the molecule is C[C@H](C(=O)NCCOCc1ccccc1)N(c1cccc(Cl)c1)S(C)(=O)=O. The Morgan fingerprint density at radius 1 is 1.19 bits per heavy atom. The summed E-state index contributed by atoms with van der Waals surface area (Å²) < 4.78 is 31.0. The molecule has 0 aliphatic rings. The van der Waals surface area contributed by atoms with E-state index in [1.165, 1.54) is 13.0 Å². The average Bonchev–Trinajstić information content (AvgIpc) is 2.61. The highest BCUT2D eigenvalue weighted by Crippen LogP contribution is 2.24. The maximum atomic E-state index is 12.4. The van der Waals surface area contributed by atoms with Crippen LogP contribution in [-0.2, 0) is 26.2 Å². The molecule has 146 valence electrons. The maximum absolute atomic E-state index is 12.4. The predicted molar refractivity (Wildman–Crippen MR) is 107 cm³/mol. The van der Waals surface area contributed by atoms with Crippen LogP contribution in [0.4, 0.5) is 5.69 Å². The first-order valence-electron chi connectivity index (χ1n) is 8.43. The number of carbonyl (C=O) groups is 1. The molecule has 2 rings (SSSR count). The quantitative estimate of drug-likeness (QED) is 0.645. The van der Waals surface area contributed by atoms with E-state index in [1.807, 2.05) is 30.3 Å². The Labute approximate surface area is 165 Å². The van der Waals surface area contributed by atoms with Gasteiger partial charge in [-0.25, -0.2) is 8.42 Å². The summed E-state index contributed by atoms with van der Waals surface area (Å²) >= 11 is 5.95. The molecule has 0 unspecified atom stereocenters. The Bertz CT molecular complexity index is 859. The molecule has 0 spiro atoms. The van der Waals surface area contributed by atoms with Gasteiger partial charge in [-0.2, -0.15) is 0 Å². The summed E-state index contributed by atoms with van der Waals surface area (Å²) in [5.41, 5.74) is 1.38. The van der Waals surface area contributed by atoms with Gasteiger partial charge < -0.3 is 10.1 Å². The molecule has 1 N–H and O–H groups in total. The normalized spacial score (nSPS) is 12.4. The van der Waals surface area contributed by atoms with Gasteiger partial charge in [0.2, 0.25) is 15.9 Å². The third-order valence-corrected chi connectivity index (χ3v) is 5.29. The van der Waals surface area contributed by atoms with Gasteiger partial charge in [0.1, 0.15) is 6.04 Å². The Kier molecular flexibility index (Phi) is 7.65. The minimum Gasteiger partial charge on any atom is -0.375 e. The number of anilines is 1. The third kappa shape index (κ3) is 6.53. The molecule has 0 aliphatic heterocycles. The van der Waals surface area contributed by atoms with Gasteiger partial charge in [0.25, 0.3) is 0 Å². The van der Waals surface area contributed by atoms with Crippen LogP contribution in [0.3, 0.4) is 0 Å². The zero-order chi connectivity index (χ0) is 19.9. The van der Waals surface area contributed by atoms with Gasteiger partial charge in [0.15, 0.2) is 0 Å². The van der Waals surface area contributed by atoms with Gasteiger partial charge in [0.05, 0.1) is 25.2 Å². The van der Waals surface area contributed by atoms with Crippen molar-refractivity contribution in [1.29, 1.82) is 0 Å². The average molecular weight is 411 g/mol. The van der Waals surface area contributed by atoms with E-state index in [9.17, 15) is 13.2 Å². The van der Waals surface area contributed by atoms with Crippen LogP contribution in [0, 0.1) is 0 Å². The van der Waals surface area contributed by atoms with Crippen molar-refractivity contribution in [1.82, 2.24) is 5.32 Å². The lowest BCUT2D eigenvalue weighted by Gasteiger charge is -2.28. The van der Waals surface area contributed by atoms with E-state index in [4.69, 9.17) is 16.3 Å². The van der Waals surface area contributed by atoms with Crippen molar-refractivity contribution in [2.24, 2.45) is 0 Å². The second-order valence-electron chi connectivity index (χ2n) is 6.04. The largest absolute Gasteiger partial charge is 0.375 e. The van der Waals surface area contributed by atoms with Gasteiger partial charge in [-0.05, 0) is 30.7 Å².